The van der Waals surface area contributed by atoms with E-state index in [1.165, 1.54) is 120 Å². The molecule has 0 fully saturated rings. The monoisotopic (exact) mass is 872 g/mol. The van der Waals surface area contributed by atoms with Gasteiger partial charge in [-0.2, -0.15) is 0 Å². The molecule has 2 nitrogen and oxygen atoms in total. The summed E-state index contributed by atoms with van der Waals surface area (Å²) in [6, 6.07) is 82.5. The van der Waals surface area contributed by atoms with Crippen LogP contribution in [0.3, 0.4) is 0 Å². The predicted octanol–water partition coefficient (Wildman–Crippen LogP) is 18.0. The third-order valence-electron chi connectivity index (χ3n) is 14.6. The van der Waals surface area contributed by atoms with E-state index in [-0.39, 0.29) is 0 Å². The normalized spacial score (nSPS) is 13.4. The van der Waals surface area contributed by atoms with Gasteiger partial charge in [-0.15, -0.1) is 11.3 Å². The maximum atomic E-state index is 2.52. The lowest BCUT2D eigenvalue weighted by molar-refractivity contribution is 0.977. The molecule has 0 radical (unpaired) electrons. The van der Waals surface area contributed by atoms with Gasteiger partial charge in [-0.1, -0.05) is 146 Å². The Morgan fingerprint density at radius 1 is 0.284 bits per heavy atom. The first-order valence-electron chi connectivity index (χ1n) is 23.6. The van der Waals surface area contributed by atoms with Gasteiger partial charge >= 0.3 is 0 Å². The molecule has 0 saturated heterocycles. The largest absolute Gasteiger partial charge is 0.310 e. The van der Waals surface area contributed by atoms with Crippen molar-refractivity contribution in [1.29, 1.82) is 0 Å². The summed E-state index contributed by atoms with van der Waals surface area (Å²) in [5.74, 6) is 0. The molecule has 67 heavy (non-hydrogen) atoms. The van der Waals surface area contributed by atoms with Gasteiger partial charge in [-0.05, 0) is 175 Å². The number of fused-ring (bicyclic) bond motifs is 10. The van der Waals surface area contributed by atoms with Crippen LogP contribution < -0.4 is 9.80 Å². The van der Waals surface area contributed by atoms with Gasteiger partial charge in [0.15, 0.2) is 0 Å². The highest BCUT2D eigenvalue weighted by molar-refractivity contribution is 7.25. The molecule has 0 spiro atoms. The molecule has 14 rings (SSSR count). The third kappa shape index (κ3) is 6.15. The summed E-state index contributed by atoms with van der Waals surface area (Å²) in [6.07, 6.45) is 4.01. The molecule has 11 aromatic carbocycles. The molecule has 2 aliphatic heterocycles. The molecule has 0 amide bonds. The molecule has 3 heterocycles. The Morgan fingerprint density at radius 2 is 0.716 bits per heavy atom. The van der Waals surface area contributed by atoms with Gasteiger partial charge in [-0.3, -0.25) is 0 Å². The number of para-hydroxylation sites is 4. The standard InChI is InChI=1S/C64H44N2S/c1-2-18-46-37-47(30-25-41(46)13-1)63-52-34-32-50(66-59-22-10-5-16-44(59)28-29-45-17-6-11-23-60(45)66)40-56(52)64(48-31-36-62-54(38-48)51-19-7-12-24-61(51)67-62)53-35-33-49(39-55(53)63)65-57-20-8-3-14-42(57)26-27-43-15-4-9-21-58(43)65/h1-25,30-40H,26-29H2. The average molecular weight is 873 g/mol. The highest BCUT2D eigenvalue weighted by Crippen LogP contribution is 2.51. The van der Waals surface area contributed by atoms with Gasteiger partial charge in [0.05, 0.1) is 0 Å². The van der Waals surface area contributed by atoms with Gasteiger partial charge in [0, 0.05) is 54.3 Å². The van der Waals surface area contributed by atoms with Crippen LogP contribution in [0.1, 0.15) is 22.3 Å². The Morgan fingerprint density at radius 3 is 1.27 bits per heavy atom. The first-order chi connectivity index (χ1) is 33.2. The molecule has 0 aliphatic carbocycles. The summed E-state index contributed by atoms with van der Waals surface area (Å²) in [4.78, 5) is 5.04. The molecule has 3 heteroatoms. The minimum atomic E-state index is 1.00. The number of anilines is 6. The summed E-state index contributed by atoms with van der Waals surface area (Å²) in [5, 5.41) is 10.1. The Bertz CT molecular complexity index is 3880. The molecular formula is C64H44N2S. The van der Waals surface area contributed by atoms with Crippen molar-refractivity contribution < 1.29 is 0 Å². The topological polar surface area (TPSA) is 6.48 Å². The van der Waals surface area contributed by atoms with Crippen molar-refractivity contribution in [3.8, 4) is 22.3 Å². The van der Waals surface area contributed by atoms with Gasteiger partial charge in [-0.25, -0.2) is 0 Å². The number of hydrogen-bond donors (Lipinski definition) is 0. The Hall–Kier alpha value is -7.98. The SMILES string of the molecule is c1ccc2c(c1)CCc1ccccc1N2c1ccc2c(-c3ccc4sc5ccccc5c4c3)c3cc(N4c5ccccc5CCc5ccccc54)ccc3c(-c3ccc4ccccc4c3)c2c1. The molecular weight excluding hydrogens is 829 g/mol. The number of nitrogens with zero attached hydrogens (tertiary/aromatic N) is 2. The minimum Gasteiger partial charge on any atom is -0.310 e. The molecule has 0 atom stereocenters. The summed E-state index contributed by atoms with van der Waals surface area (Å²) in [7, 11) is 0. The Balaban J connectivity index is 1.12. The summed E-state index contributed by atoms with van der Waals surface area (Å²) in [6.45, 7) is 0. The van der Waals surface area contributed by atoms with E-state index >= 15 is 0 Å². The fourth-order valence-corrected chi connectivity index (χ4v) is 12.5. The fourth-order valence-electron chi connectivity index (χ4n) is 11.4. The van der Waals surface area contributed by atoms with Crippen LogP contribution in [-0.2, 0) is 25.7 Å². The quantitative estimate of drug-likeness (QED) is 0.163. The number of aryl methyl sites for hydroxylation is 4. The summed E-state index contributed by atoms with van der Waals surface area (Å²) >= 11 is 1.88. The van der Waals surface area contributed by atoms with Crippen LogP contribution in [-0.4, -0.2) is 0 Å². The van der Waals surface area contributed by atoms with E-state index in [0.29, 0.717) is 0 Å². The first kappa shape index (κ1) is 38.3. The zero-order valence-corrected chi connectivity index (χ0v) is 37.7. The molecule has 0 unspecified atom stereocenters. The maximum Gasteiger partial charge on any atom is 0.0493 e. The fraction of sp³-hybridized carbons (Fsp3) is 0.0625. The maximum absolute atomic E-state index is 2.52. The lowest BCUT2D eigenvalue weighted by Crippen LogP contribution is -2.12. The second-order valence-corrected chi connectivity index (χ2v) is 19.4. The summed E-state index contributed by atoms with van der Waals surface area (Å²) in [5.41, 5.74) is 17.7. The van der Waals surface area contributed by atoms with Crippen molar-refractivity contribution in [2.75, 3.05) is 9.80 Å². The average Bonchev–Trinajstić information content (AvgIpc) is 3.55. The summed E-state index contributed by atoms with van der Waals surface area (Å²) < 4.78 is 2.63. The number of benzene rings is 11. The van der Waals surface area contributed by atoms with Crippen molar-refractivity contribution in [1.82, 2.24) is 0 Å². The lowest BCUT2D eigenvalue weighted by Gasteiger charge is -2.29. The molecule has 0 saturated carbocycles. The van der Waals surface area contributed by atoms with Crippen molar-refractivity contribution >= 4 is 98.0 Å². The van der Waals surface area contributed by atoms with Crippen LogP contribution in [0.25, 0.3) is 74.7 Å². The van der Waals surface area contributed by atoms with Crippen LogP contribution in [0.2, 0.25) is 0 Å². The minimum absolute atomic E-state index is 1.00. The van der Waals surface area contributed by atoms with E-state index in [2.05, 4.69) is 228 Å². The third-order valence-corrected chi connectivity index (χ3v) is 15.7. The van der Waals surface area contributed by atoms with E-state index < -0.39 is 0 Å². The highest BCUT2D eigenvalue weighted by Gasteiger charge is 2.27. The smallest absolute Gasteiger partial charge is 0.0493 e. The molecule has 1 aromatic heterocycles. The Kier molecular flexibility index (Phi) is 8.75. The van der Waals surface area contributed by atoms with Crippen LogP contribution >= 0.6 is 11.3 Å². The number of rotatable bonds is 4. The van der Waals surface area contributed by atoms with Crippen LogP contribution in [0, 0.1) is 0 Å². The van der Waals surface area contributed by atoms with Crippen molar-refractivity contribution in [2.45, 2.75) is 25.7 Å². The Labute approximate surface area is 394 Å². The lowest BCUT2D eigenvalue weighted by atomic mass is 9.84. The van der Waals surface area contributed by atoms with Crippen LogP contribution in [0.4, 0.5) is 34.1 Å². The van der Waals surface area contributed by atoms with E-state index in [1.54, 1.807) is 0 Å². The van der Waals surface area contributed by atoms with Gasteiger partial charge in [0.2, 0.25) is 0 Å². The van der Waals surface area contributed by atoms with Gasteiger partial charge in [0.1, 0.15) is 0 Å². The van der Waals surface area contributed by atoms with Crippen LogP contribution in [0.5, 0.6) is 0 Å². The molecule has 0 bridgehead atoms. The van der Waals surface area contributed by atoms with E-state index in [0.717, 1.165) is 37.1 Å². The molecule has 2 aliphatic rings. The van der Waals surface area contributed by atoms with Crippen molar-refractivity contribution in [3.05, 3.63) is 241 Å². The van der Waals surface area contributed by atoms with Crippen molar-refractivity contribution in [3.63, 3.8) is 0 Å². The highest BCUT2D eigenvalue weighted by atomic mass is 32.1. The van der Waals surface area contributed by atoms with Crippen molar-refractivity contribution in [2.24, 2.45) is 0 Å². The molecule has 0 N–H and O–H groups in total. The molecule has 12 aromatic rings. The van der Waals surface area contributed by atoms with E-state index in [1.807, 2.05) is 11.3 Å². The molecule has 316 valence electrons. The van der Waals surface area contributed by atoms with Gasteiger partial charge < -0.3 is 9.80 Å². The number of thiophene rings is 1. The first-order valence-corrected chi connectivity index (χ1v) is 24.4. The van der Waals surface area contributed by atoms with Crippen LogP contribution in [0.15, 0.2) is 218 Å². The zero-order valence-electron chi connectivity index (χ0n) is 36.9. The predicted molar refractivity (Wildman–Crippen MR) is 287 cm³/mol. The van der Waals surface area contributed by atoms with Gasteiger partial charge in [0.25, 0.3) is 0 Å². The number of hydrogen-bond acceptors (Lipinski definition) is 3. The zero-order chi connectivity index (χ0) is 44.0. The van der Waals surface area contributed by atoms with E-state index in [4.69, 9.17) is 0 Å². The van der Waals surface area contributed by atoms with E-state index in [9.17, 15) is 0 Å². The second kappa shape index (κ2) is 15.3. The second-order valence-electron chi connectivity index (χ2n) is 18.3.